The third kappa shape index (κ3) is 9.42. The summed E-state index contributed by atoms with van der Waals surface area (Å²) in [6.45, 7) is 10.6. The van der Waals surface area contributed by atoms with E-state index in [-0.39, 0.29) is 13.2 Å². The Morgan fingerprint density at radius 3 is 1.88 bits per heavy atom. The van der Waals surface area contributed by atoms with Gasteiger partial charge in [0.05, 0.1) is 45.2 Å². The Morgan fingerprint density at radius 2 is 1.27 bits per heavy atom. The first kappa shape index (κ1) is 32.8. The average Bonchev–Trinajstić information content (AvgIpc) is 2.97. The minimum Gasteiger partial charge on any atom is -0.493 e. The van der Waals surface area contributed by atoms with Gasteiger partial charge in [-0.1, -0.05) is 59.4 Å². The van der Waals surface area contributed by atoms with Crippen molar-refractivity contribution >= 4 is 0 Å². The maximum atomic E-state index is 11.7. The fourth-order valence-corrected chi connectivity index (χ4v) is 4.57. The molecular formula is C33H50O8. The third-order valence-corrected chi connectivity index (χ3v) is 6.95. The fraction of sp³-hybridized carbons (Fsp3) is 0.636. The molecule has 3 rings (SSSR count). The molecule has 0 fully saturated rings. The van der Waals surface area contributed by atoms with Crippen LogP contribution < -0.4 is 23.7 Å². The Bertz CT molecular complexity index is 1030. The predicted molar refractivity (Wildman–Crippen MR) is 160 cm³/mol. The van der Waals surface area contributed by atoms with E-state index in [0.29, 0.717) is 60.7 Å². The molecule has 0 aliphatic carbocycles. The van der Waals surface area contributed by atoms with Crippen LogP contribution in [0.5, 0.6) is 28.7 Å². The summed E-state index contributed by atoms with van der Waals surface area (Å²) in [5.74, 6) is 3.03. The monoisotopic (exact) mass is 574 g/mol. The highest BCUT2D eigenvalue weighted by atomic mass is 16.5. The molecule has 0 amide bonds. The Balaban J connectivity index is 2.01. The molecule has 0 spiro atoms. The Labute approximate surface area is 245 Å². The van der Waals surface area contributed by atoms with Crippen LogP contribution in [-0.2, 0) is 4.74 Å². The number of rotatable bonds is 20. The van der Waals surface area contributed by atoms with E-state index in [4.69, 9.17) is 28.4 Å². The normalized spacial score (nSPS) is 18.0. The molecule has 0 aromatic heterocycles. The number of aliphatic hydroxyl groups excluding tert-OH is 2. The van der Waals surface area contributed by atoms with Gasteiger partial charge >= 0.3 is 0 Å². The van der Waals surface area contributed by atoms with Gasteiger partial charge in [0.15, 0.2) is 17.6 Å². The van der Waals surface area contributed by atoms with Gasteiger partial charge in [-0.05, 0) is 43.4 Å². The lowest BCUT2D eigenvalue weighted by atomic mass is 9.91. The molecule has 0 saturated carbocycles. The maximum absolute atomic E-state index is 11.7. The third-order valence-electron chi connectivity index (χ3n) is 6.95. The zero-order valence-electron chi connectivity index (χ0n) is 25.4. The van der Waals surface area contributed by atoms with E-state index in [1.54, 1.807) is 0 Å². The maximum Gasteiger partial charge on any atom is 0.161 e. The molecule has 41 heavy (non-hydrogen) atoms. The van der Waals surface area contributed by atoms with Crippen LogP contribution >= 0.6 is 0 Å². The predicted octanol–water partition coefficient (Wildman–Crippen LogP) is 6.95. The van der Waals surface area contributed by atoms with Crippen LogP contribution in [0.15, 0.2) is 30.3 Å². The van der Waals surface area contributed by atoms with Gasteiger partial charge in [0.1, 0.15) is 29.5 Å². The molecule has 0 bridgehead atoms. The Hall–Kier alpha value is -2.68. The van der Waals surface area contributed by atoms with Crippen LogP contribution in [0.3, 0.4) is 0 Å². The molecule has 2 aromatic rings. The largest absolute Gasteiger partial charge is 0.493 e. The second kappa shape index (κ2) is 18.0. The van der Waals surface area contributed by atoms with Gasteiger partial charge in [0.2, 0.25) is 0 Å². The lowest BCUT2D eigenvalue weighted by Gasteiger charge is -2.38. The van der Waals surface area contributed by atoms with Crippen LogP contribution in [0.2, 0.25) is 0 Å². The van der Waals surface area contributed by atoms with E-state index in [2.05, 4.69) is 27.7 Å². The Morgan fingerprint density at radius 1 is 0.683 bits per heavy atom. The van der Waals surface area contributed by atoms with Crippen molar-refractivity contribution in [1.29, 1.82) is 0 Å². The molecule has 0 saturated heterocycles. The van der Waals surface area contributed by atoms with Crippen LogP contribution in [0.1, 0.15) is 102 Å². The van der Waals surface area contributed by atoms with Crippen molar-refractivity contribution in [2.24, 2.45) is 0 Å². The van der Waals surface area contributed by atoms with E-state index in [1.165, 1.54) is 0 Å². The molecule has 3 atom stereocenters. The molecule has 0 radical (unpaired) electrons. The summed E-state index contributed by atoms with van der Waals surface area (Å²) in [7, 11) is 0. The Kier molecular flexibility index (Phi) is 14.4. The second-order valence-corrected chi connectivity index (χ2v) is 10.4. The highest BCUT2D eigenvalue weighted by molar-refractivity contribution is 5.54. The molecule has 230 valence electrons. The van der Waals surface area contributed by atoms with Crippen LogP contribution in [0.4, 0.5) is 0 Å². The number of hydrogen-bond donors (Lipinski definition) is 2. The van der Waals surface area contributed by atoms with E-state index in [9.17, 15) is 10.2 Å². The topological polar surface area (TPSA) is 95.8 Å². The zero-order valence-corrected chi connectivity index (χ0v) is 25.4. The molecule has 1 unspecified atom stereocenters. The van der Waals surface area contributed by atoms with Gasteiger partial charge < -0.3 is 38.6 Å². The summed E-state index contributed by atoms with van der Waals surface area (Å²) in [4.78, 5) is 0. The summed E-state index contributed by atoms with van der Waals surface area (Å²) >= 11 is 0. The van der Waals surface area contributed by atoms with E-state index in [0.717, 1.165) is 56.9 Å². The summed E-state index contributed by atoms with van der Waals surface area (Å²) < 4.78 is 36.9. The van der Waals surface area contributed by atoms with Gasteiger partial charge in [-0.25, -0.2) is 0 Å². The SMILES string of the molecule is CCCCOc1cc(OCCCC)c2c(c1)O[C@H](c1ccc(OCCCC)c(OCCCC)c1)[C@H](O)C2OCCO. The van der Waals surface area contributed by atoms with Gasteiger partial charge in [-0.15, -0.1) is 0 Å². The zero-order chi connectivity index (χ0) is 29.5. The molecule has 1 heterocycles. The number of ether oxygens (including phenoxy) is 6. The van der Waals surface area contributed by atoms with Crippen molar-refractivity contribution in [2.75, 3.05) is 39.6 Å². The van der Waals surface area contributed by atoms with E-state index >= 15 is 0 Å². The van der Waals surface area contributed by atoms with Gasteiger partial charge in [-0.3, -0.25) is 0 Å². The number of aliphatic hydroxyl groups is 2. The van der Waals surface area contributed by atoms with Crippen molar-refractivity contribution in [3.8, 4) is 28.7 Å². The minimum absolute atomic E-state index is 0.0621. The number of fused-ring (bicyclic) bond motifs is 1. The van der Waals surface area contributed by atoms with Crippen molar-refractivity contribution in [3.05, 3.63) is 41.5 Å². The molecule has 2 aromatic carbocycles. The summed E-state index contributed by atoms with van der Waals surface area (Å²) in [6, 6.07) is 9.35. The lowest BCUT2D eigenvalue weighted by molar-refractivity contribution is -0.108. The summed E-state index contributed by atoms with van der Waals surface area (Å²) in [5, 5.41) is 21.2. The first-order chi connectivity index (χ1) is 20.1. The highest BCUT2D eigenvalue weighted by Gasteiger charge is 2.42. The van der Waals surface area contributed by atoms with Gasteiger partial charge in [0.25, 0.3) is 0 Å². The molecule has 1 aliphatic rings. The standard InChI is InChI=1S/C33H50O8/c1-5-9-16-36-25-22-28(39-19-12-8-4)30-29(23-25)41-32(31(35)33(30)40-20-15-34)24-13-14-26(37-17-10-6-2)27(21-24)38-18-11-7-3/h13-14,21-23,31-35H,5-12,15-20H2,1-4H3/t31-,32+,33?/m0/s1. The first-order valence-electron chi connectivity index (χ1n) is 15.5. The highest BCUT2D eigenvalue weighted by Crippen LogP contribution is 2.49. The van der Waals surface area contributed by atoms with Crippen molar-refractivity contribution in [3.63, 3.8) is 0 Å². The summed E-state index contributed by atoms with van der Waals surface area (Å²) in [6.07, 6.45) is 5.16. The average molecular weight is 575 g/mol. The summed E-state index contributed by atoms with van der Waals surface area (Å²) in [5.41, 5.74) is 1.36. The fourth-order valence-electron chi connectivity index (χ4n) is 4.57. The van der Waals surface area contributed by atoms with E-state index < -0.39 is 18.3 Å². The van der Waals surface area contributed by atoms with Crippen molar-refractivity contribution in [2.45, 2.75) is 97.4 Å². The van der Waals surface area contributed by atoms with Crippen LogP contribution in [0, 0.1) is 0 Å². The molecular weight excluding hydrogens is 524 g/mol. The number of hydrogen-bond acceptors (Lipinski definition) is 8. The number of benzene rings is 2. The van der Waals surface area contributed by atoms with Crippen LogP contribution in [-0.4, -0.2) is 56.0 Å². The van der Waals surface area contributed by atoms with Gasteiger partial charge in [0, 0.05) is 12.1 Å². The lowest BCUT2D eigenvalue weighted by Crippen LogP contribution is -2.36. The quantitative estimate of drug-likeness (QED) is 0.164. The molecule has 8 nitrogen and oxygen atoms in total. The number of unbranched alkanes of at least 4 members (excludes halogenated alkanes) is 4. The van der Waals surface area contributed by atoms with Crippen molar-refractivity contribution in [1.82, 2.24) is 0 Å². The smallest absolute Gasteiger partial charge is 0.161 e. The second-order valence-electron chi connectivity index (χ2n) is 10.4. The van der Waals surface area contributed by atoms with Crippen molar-refractivity contribution < 1.29 is 38.6 Å². The minimum atomic E-state index is -1.07. The van der Waals surface area contributed by atoms with Gasteiger partial charge in [-0.2, -0.15) is 0 Å². The van der Waals surface area contributed by atoms with E-state index in [1.807, 2.05) is 30.3 Å². The molecule has 2 N–H and O–H groups in total. The molecule has 8 heteroatoms. The van der Waals surface area contributed by atoms with Crippen LogP contribution in [0.25, 0.3) is 0 Å². The molecule has 1 aliphatic heterocycles. The first-order valence-corrected chi connectivity index (χ1v) is 15.5.